The second-order valence-electron chi connectivity index (χ2n) is 4.44. The maximum absolute atomic E-state index is 11.0. The van der Waals surface area contributed by atoms with Crippen LogP contribution in [-0.2, 0) is 7.05 Å². The van der Waals surface area contributed by atoms with Gasteiger partial charge in [-0.1, -0.05) is 0 Å². The summed E-state index contributed by atoms with van der Waals surface area (Å²) < 4.78 is 1.56. The number of nitriles is 1. The van der Waals surface area contributed by atoms with Gasteiger partial charge in [0.1, 0.15) is 5.69 Å². The standard InChI is InChI=1S/C13H13N5O3/c1-17-8-10(6-16-17)13(19)7-15-11-3-2-9(5-14)4-12(11)18(20)21/h2-4,6,8,13,15,19H,7H2,1H3. The average molecular weight is 287 g/mol. The Balaban J connectivity index is 2.13. The van der Waals surface area contributed by atoms with E-state index in [4.69, 9.17) is 5.26 Å². The van der Waals surface area contributed by atoms with Crippen LogP contribution in [0.4, 0.5) is 11.4 Å². The van der Waals surface area contributed by atoms with Gasteiger partial charge in [-0.05, 0) is 12.1 Å². The summed E-state index contributed by atoms with van der Waals surface area (Å²) in [6.45, 7) is 0.0957. The average Bonchev–Trinajstić information content (AvgIpc) is 2.91. The molecule has 1 aromatic heterocycles. The van der Waals surface area contributed by atoms with E-state index < -0.39 is 11.0 Å². The number of aryl methyl sites for hydroxylation is 1. The van der Waals surface area contributed by atoms with Crippen LogP contribution in [0.15, 0.2) is 30.6 Å². The Kier molecular flexibility index (Phi) is 4.15. The van der Waals surface area contributed by atoms with E-state index in [9.17, 15) is 15.2 Å². The fourth-order valence-corrected chi connectivity index (χ4v) is 1.84. The Morgan fingerprint density at radius 1 is 1.62 bits per heavy atom. The van der Waals surface area contributed by atoms with Crippen molar-refractivity contribution < 1.29 is 10.0 Å². The van der Waals surface area contributed by atoms with Crippen molar-refractivity contribution >= 4 is 11.4 Å². The van der Waals surface area contributed by atoms with E-state index in [0.29, 0.717) is 5.56 Å². The smallest absolute Gasteiger partial charge is 0.293 e. The molecule has 0 bridgehead atoms. The van der Waals surface area contributed by atoms with Crippen LogP contribution >= 0.6 is 0 Å². The molecule has 2 rings (SSSR count). The fourth-order valence-electron chi connectivity index (χ4n) is 1.84. The van der Waals surface area contributed by atoms with Crippen molar-refractivity contribution in [2.75, 3.05) is 11.9 Å². The first kappa shape index (κ1) is 14.5. The molecular weight excluding hydrogens is 274 g/mol. The van der Waals surface area contributed by atoms with Gasteiger partial charge in [0, 0.05) is 31.4 Å². The highest BCUT2D eigenvalue weighted by Gasteiger charge is 2.16. The van der Waals surface area contributed by atoms with E-state index in [2.05, 4.69) is 10.4 Å². The molecule has 108 valence electrons. The van der Waals surface area contributed by atoms with Gasteiger partial charge < -0.3 is 10.4 Å². The Morgan fingerprint density at radius 3 is 2.95 bits per heavy atom. The predicted octanol–water partition coefficient (Wildman–Crippen LogP) is 1.35. The van der Waals surface area contributed by atoms with Crippen LogP contribution in [0.1, 0.15) is 17.2 Å². The largest absolute Gasteiger partial charge is 0.386 e. The van der Waals surface area contributed by atoms with Gasteiger partial charge in [0.25, 0.3) is 5.69 Å². The zero-order chi connectivity index (χ0) is 15.4. The van der Waals surface area contributed by atoms with Gasteiger partial charge in [-0.2, -0.15) is 10.4 Å². The van der Waals surface area contributed by atoms with Crippen molar-refractivity contribution in [2.45, 2.75) is 6.10 Å². The van der Waals surface area contributed by atoms with E-state index in [0.717, 1.165) is 0 Å². The zero-order valence-corrected chi connectivity index (χ0v) is 11.2. The molecule has 0 fully saturated rings. The van der Waals surface area contributed by atoms with E-state index in [1.54, 1.807) is 17.9 Å². The van der Waals surface area contributed by atoms with Crippen LogP contribution in [0.3, 0.4) is 0 Å². The summed E-state index contributed by atoms with van der Waals surface area (Å²) in [5.41, 5.74) is 0.871. The van der Waals surface area contributed by atoms with E-state index in [-0.39, 0.29) is 23.5 Å². The first-order valence-electron chi connectivity index (χ1n) is 6.10. The molecule has 0 aliphatic carbocycles. The second-order valence-corrected chi connectivity index (χ2v) is 4.44. The summed E-state index contributed by atoms with van der Waals surface area (Å²) in [5, 5.41) is 36.5. The van der Waals surface area contributed by atoms with Crippen LogP contribution in [0.5, 0.6) is 0 Å². The molecule has 0 saturated heterocycles. The number of aliphatic hydroxyl groups is 1. The number of hydrogen-bond donors (Lipinski definition) is 2. The Labute approximate surface area is 120 Å². The molecule has 0 aliphatic heterocycles. The third-order valence-corrected chi connectivity index (χ3v) is 2.92. The molecule has 0 aliphatic rings. The minimum Gasteiger partial charge on any atom is -0.386 e. The predicted molar refractivity (Wildman–Crippen MR) is 74.5 cm³/mol. The van der Waals surface area contributed by atoms with Crippen LogP contribution < -0.4 is 5.32 Å². The Morgan fingerprint density at radius 2 is 2.38 bits per heavy atom. The first-order chi connectivity index (χ1) is 10.0. The van der Waals surface area contributed by atoms with Gasteiger partial charge >= 0.3 is 0 Å². The van der Waals surface area contributed by atoms with Crippen LogP contribution in [0.25, 0.3) is 0 Å². The first-order valence-corrected chi connectivity index (χ1v) is 6.10. The molecule has 8 nitrogen and oxygen atoms in total. The van der Waals surface area contributed by atoms with Gasteiger partial charge in [0.05, 0.1) is 28.9 Å². The number of anilines is 1. The van der Waals surface area contributed by atoms with Gasteiger partial charge in [0.15, 0.2) is 0 Å². The number of nitrogens with one attached hydrogen (secondary N) is 1. The molecule has 1 heterocycles. The topological polar surface area (TPSA) is 117 Å². The summed E-state index contributed by atoms with van der Waals surface area (Å²) in [7, 11) is 1.73. The molecule has 1 unspecified atom stereocenters. The second kappa shape index (κ2) is 6.02. The number of nitro groups is 1. The third-order valence-electron chi connectivity index (χ3n) is 2.92. The molecule has 0 radical (unpaired) electrons. The van der Waals surface area contributed by atoms with Crippen molar-refractivity contribution in [3.8, 4) is 6.07 Å². The van der Waals surface area contributed by atoms with Crippen LogP contribution in [-0.4, -0.2) is 26.4 Å². The van der Waals surface area contributed by atoms with Gasteiger partial charge in [-0.15, -0.1) is 0 Å². The monoisotopic (exact) mass is 287 g/mol. The SMILES string of the molecule is Cn1cc(C(O)CNc2ccc(C#N)cc2[N+](=O)[O-])cn1. The van der Waals surface area contributed by atoms with Crippen LogP contribution in [0, 0.1) is 21.4 Å². The maximum atomic E-state index is 11.0. The fraction of sp³-hybridized carbons (Fsp3) is 0.231. The van der Waals surface area contributed by atoms with Crippen molar-refractivity contribution in [3.63, 3.8) is 0 Å². The Hall–Kier alpha value is -2.92. The van der Waals surface area contributed by atoms with Gasteiger partial charge in [0.2, 0.25) is 0 Å². The van der Waals surface area contributed by atoms with Gasteiger partial charge in [-0.25, -0.2) is 0 Å². The third kappa shape index (κ3) is 3.34. The highest BCUT2D eigenvalue weighted by Crippen LogP contribution is 2.26. The molecular formula is C13H13N5O3. The number of aliphatic hydroxyl groups excluding tert-OH is 1. The minimum atomic E-state index is -0.839. The summed E-state index contributed by atoms with van der Waals surface area (Å²) >= 11 is 0. The quantitative estimate of drug-likeness (QED) is 0.633. The molecule has 0 spiro atoms. The summed E-state index contributed by atoms with van der Waals surface area (Å²) in [6.07, 6.45) is 2.35. The molecule has 0 saturated carbocycles. The summed E-state index contributed by atoms with van der Waals surface area (Å²) in [4.78, 5) is 10.4. The molecule has 21 heavy (non-hydrogen) atoms. The van der Waals surface area contributed by atoms with Crippen molar-refractivity contribution in [3.05, 3.63) is 51.8 Å². The Bertz CT molecular complexity index is 704. The highest BCUT2D eigenvalue weighted by molar-refractivity contribution is 5.64. The van der Waals surface area contributed by atoms with E-state index in [1.807, 2.05) is 6.07 Å². The maximum Gasteiger partial charge on any atom is 0.293 e. The molecule has 1 atom stereocenters. The number of nitro benzene ring substituents is 1. The van der Waals surface area contributed by atoms with Crippen molar-refractivity contribution in [2.24, 2.45) is 7.05 Å². The summed E-state index contributed by atoms with van der Waals surface area (Å²) in [5.74, 6) is 0. The van der Waals surface area contributed by atoms with Gasteiger partial charge in [-0.3, -0.25) is 14.8 Å². The van der Waals surface area contributed by atoms with Crippen molar-refractivity contribution in [1.29, 1.82) is 5.26 Å². The van der Waals surface area contributed by atoms with E-state index >= 15 is 0 Å². The number of nitrogens with zero attached hydrogens (tertiary/aromatic N) is 4. The number of hydrogen-bond acceptors (Lipinski definition) is 6. The lowest BCUT2D eigenvalue weighted by Gasteiger charge is -2.11. The van der Waals surface area contributed by atoms with Crippen LogP contribution in [0.2, 0.25) is 0 Å². The summed E-state index contributed by atoms with van der Waals surface area (Å²) in [6, 6.07) is 5.97. The molecule has 1 aromatic carbocycles. The lowest BCUT2D eigenvalue weighted by molar-refractivity contribution is -0.384. The molecule has 2 aromatic rings. The molecule has 2 N–H and O–H groups in total. The van der Waals surface area contributed by atoms with E-state index in [1.165, 1.54) is 24.4 Å². The number of benzene rings is 1. The lowest BCUT2D eigenvalue weighted by Crippen LogP contribution is -2.12. The minimum absolute atomic E-state index is 0.0957. The highest BCUT2D eigenvalue weighted by atomic mass is 16.6. The number of aromatic nitrogens is 2. The number of rotatable bonds is 5. The molecule has 8 heteroatoms. The van der Waals surface area contributed by atoms with Crippen molar-refractivity contribution in [1.82, 2.24) is 9.78 Å². The normalized spacial score (nSPS) is 11.7. The molecule has 0 amide bonds. The zero-order valence-electron chi connectivity index (χ0n) is 11.2. The lowest BCUT2D eigenvalue weighted by atomic mass is 10.1.